The highest BCUT2D eigenvalue weighted by Crippen LogP contribution is 2.37. The van der Waals surface area contributed by atoms with E-state index in [2.05, 4.69) is 66.7 Å². The summed E-state index contributed by atoms with van der Waals surface area (Å²) in [5, 5.41) is 4.33. The molecule has 0 aliphatic heterocycles. The van der Waals surface area contributed by atoms with Crippen LogP contribution in [0.3, 0.4) is 0 Å². The Morgan fingerprint density at radius 3 is 2.21 bits per heavy atom. The van der Waals surface area contributed by atoms with Crippen molar-refractivity contribution in [3.05, 3.63) is 127 Å². The van der Waals surface area contributed by atoms with Crippen LogP contribution in [0.25, 0.3) is 77.6 Å². The molecule has 0 unspecified atom stereocenters. The second kappa shape index (κ2) is 8.61. The van der Waals surface area contributed by atoms with Crippen molar-refractivity contribution >= 4 is 43.7 Å². The standard InChI is InChI=1S/C35H21N3O/c1-2-9-22(10-3-1)33-28-12-4-6-15-30(28)37-35(38-33)31-20-18-24-21-23(17-19-29(24)36-31)25-13-8-14-27-26-11-5-7-16-32(26)39-34(25)27/h1-21H. The number of para-hydroxylation sites is 3. The fourth-order valence-corrected chi connectivity index (χ4v) is 5.40. The molecule has 3 aromatic heterocycles. The number of pyridine rings is 1. The second-order valence-electron chi connectivity index (χ2n) is 9.66. The van der Waals surface area contributed by atoms with Crippen LogP contribution in [0.4, 0.5) is 0 Å². The minimum Gasteiger partial charge on any atom is -0.455 e. The van der Waals surface area contributed by atoms with Crippen LogP contribution in [0, 0.1) is 0 Å². The zero-order valence-corrected chi connectivity index (χ0v) is 20.9. The van der Waals surface area contributed by atoms with Gasteiger partial charge in [-0.2, -0.15) is 0 Å². The average Bonchev–Trinajstić information content (AvgIpc) is 3.39. The van der Waals surface area contributed by atoms with Crippen molar-refractivity contribution < 1.29 is 4.42 Å². The lowest BCUT2D eigenvalue weighted by Gasteiger charge is -2.10. The third-order valence-corrected chi connectivity index (χ3v) is 7.28. The van der Waals surface area contributed by atoms with Gasteiger partial charge in [-0.05, 0) is 35.9 Å². The van der Waals surface area contributed by atoms with E-state index in [9.17, 15) is 0 Å². The van der Waals surface area contributed by atoms with E-state index in [1.807, 2.05) is 60.7 Å². The van der Waals surface area contributed by atoms with Crippen molar-refractivity contribution in [3.8, 4) is 33.9 Å². The van der Waals surface area contributed by atoms with Gasteiger partial charge in [0.1, 0.15) is 16.9 Å². The highest BCUT2D eigenvalue weighted by molar-refractivity contribution is 6.10. The molecule has 8 rings (SSSR count). The Balaban J connectivity index is 1.25. The minimum absolute atomic E-state index is 0.616. The highest BCUT2D eigenvalue weighted by atomic mass is 16.3. The topological polar surface area (TPSA) is 51.8 Å². The zero-order valence-electron chi connectivity index (χ0n) is 20.9. The van der Waals surface area contributed by atoms with E-state index in [-0.39, 0.29) is 0 Å². The first kappa shape index (κ1) is 21.7. The molecule has 4 heteroatoms. The van der Waals surface area contributed by atoms with Crippen molar-refractivity contribution in [3.63, 3.8) is 0 Å². The van der Waals surface area contributed by atoms with Gasteiger partial charge in [-0.1, -0.05) is 97.1 Å². The number of furan rings is 1. The minimum atomic E-state index is 0.616. The van der Waals surface area contributed by atoms with Gasteiger partial charge in [-0.3, -0.25) is 0 Å². The number of hydrogen-bond acceptors (Lipinski definition) is 4. The van der Waals surface area contributed by atoms with Crippen molar-refractivity contribution in [1.82, 2.24) is 15.0 Å². The molecule has 0 aliphatic rings. The van der Waals surface area contributed by atoms with Gasteiger partial charge in [-0.25, -0.2) is 15.0 Å². The van der Waals surface area contributed by atoms with Crippen LogP contribution in [-0.2, 0) is 0 Å². The zero-order chi connectivity index (χ0) is 25.8. The first-order valence-corrected chi connectivity index (χ1v) is 13.0. The molecule has 0 fully saturated rings. The molecule has 0 aliphatic carbocycles. The number of benzene rings is 5. The largest absolute Gasteiger partial charge is 0.455 e. The Hall–Kier alpha value is -5.35. The van der Waals surface area contributed by atoms with Gasteiger partial charge in [0.25, 0.3) is 0 Å². The van der Waals surface area contributed by atoms with E-state index < -0.39 is 0 Å². The van der Waals surface area contributed by atoms with Crippen LogP contribution in [-0.4, -0.2) is 15.0 Å². The highest BCUT2D eigenvalue weighted by Gasteiger charge is 2.14. The summed E-state index contributed by atoms with van der Waals surface area (Å²) in [5.74, 6) is 0.616. The van der Waals surface area contributed by atoms with E-state index in [0.29, 0.717) is 5.82 Å². The lowest BCUT2D eigenvalue weighted by atomic mass is 10.0. The van der Waals surface area contributed by atoms with Crippen LogP contribution in [0.15, 0.2) is 132 Å². The molecule has 0 saturated heterocycles. The van der Waals surface area contributed by atoms with E-state index in [4.69, 9.17) is 19.4 Å². The predicted octanol–water partition coefficient (Wildman–Crippen LogP) is 9.08. The summed E-state index contributed by atoms with van der Waals surface area (Å²) in [7, 11) is 0. The maximum atomic E-state index is 6.28. The van der Waals surface area contributed by atoms with Crippen LogP contribution in [0.5, 0.6) is 0 Å². The molecular formula is C35H21N3O. The Morgan fingerprint density at radius 1 is 0.487 bits per heavy atom. The smallest absolute Gasteiger partial charge is 0.179 e. The van der Waals surface area contributed by atoms with Crippen LogP contribution >= 0.6 is 0 Å². The third-order valence-electron chi connectivity index (χ3n) is 7.28. The van der Waals surface area contributed by atoms with Crippen molar-refractivity contribution in [2.24, 2.45) is 0 Å². The SMILES string of the molecule is c1ccc(-c2nc(-c3ccc4cc(-c5cccc6c5oc5ccccc56)ccc4n3)nc3ccccc23)cc1. The van der Waals surface area contributed by atoms with Crippen molar-refractivity contribution in [1.29, 1.82) is 0 Å². The van der Waals surface area contributed by atoms with Gasteiger partial charge in [0.2, 0.25) is 0 Å². The maximum Gasteiger partial charge on any atom is 0.179 e. The van der Waals surface area contributed by atoms with E-state index in [0.717, 1.165) is 71.8 Å². The number of rotatable bonds is 3. The molecule has 0 amide bonds. The van der Waals surface area contributed by atoms with Gasteiger partial charge in [0.15, 0.2) is 5.82 Å². The lowest BCUT2D eigenvalue weighted by Crippen LogP contribution is -1.97. The Labute approximate surface area is 224 Å². The normalized spacial score (nSPS) is 11.6. The quantitative estimate of drug-likeness (QED) is 0.243. The summed E-state index contributed by atoms with van der Waals surface area (Å²) in [6, 6.07) is 43.3. The van der Waals surface area contributed by atoms with E-state index >= 15 is 0 Å². The molecule has 182 valence electrons. The molecule has 0 N–H and O–H groups in total. The lowest BCUT2D eigenvalue weighted by molar-refractivity contribution is 0.670. The molecule has 5 aromatic carbocycles. The molecule has 0 atom stereocenters. The number of aromatic nitrogens is 3. The summed E-state index contributed by atoms with van der Waals surface area (Å²) in [6.45, 7) is 0. The monoisotopic (exact) mass is 499 g/mol. The molecule has 0 radical (unpaired) electrons. The van der Waals surface area contributed by atoms with E-state index in [1.54, 1.807) is 0 Å². The van der Waals surface area contributed by atoms with Gasteiger partial charge in [-0.15, -0.1) is 0 Å². The van der Waals surface area contributed by atoms with E-state index in [1.165, 1.54) is 0 Å². The molecule has 4 nitrogen and oxygen atoms in total. The van der Waals surface area contributed by atoms with Crippen molar-refractivity contribution in [2.75, 3.05) is 0 Å². The number of fused-ring (bicyclic) bond motifs is 5. The molecule has 3 heterocycles. The average molecular weight is 500 g/mol. The molecule has 0 saturated carbocycles. The molecule has 0 bridgehead atoms. The van der Waals surface area contributed by atoms with Gasteiger partial charge in [0.05, 0.1) is 16.7 Å². The molecule has 8 aromatic rings. The van der Waals surface area contributed by atoms with Gasteiger partial charge >= 0.3 is 0 Å². The summed E-state index contributed by atoms with van der Waals surface area (Å²) >= 11 is 0. The Bertz CT molecular complexity index is 2180. The van der Waals surface area contributed by atoms with Crippen LogP contribution in [0.1, 0.15) is 0 Å². The Kier molecular flexibility index (Phi) is 4.79. The summed E-state index contributed by atoms with van der Waals surface area (Å²) < 4.78 is 6.28. The van der Waals surface area contributed by atoms with Crippen molar-refractivity contribution in [2.45, 2.75) is 0 Å². The fourth-order valence-electron chi connectivity index (χ4n) is 5.40. The van der Waals surface area contributed by atoms with Crippen LogP contribution in [0.2, 0.25) is 0 Å². The second-order valence-corrected chi connectivity index (χ2v) is 9.66. The maximum absolute atomic E-state index is 6.28. The molecule has 0 spiro atoms. The van der Waals surface area contributed by atoms with Gasteiger partial charge < -0.3 is 4.42 Å². The number of nitrogens with zero attached hydrogens (tertiary/aromatic N) is 3. The summed E-state index contributed by atoms with van der Waals surface area (Å²) in [6.07, 6.45) is 0. The first-order chi connectivity index (χ1) is 19.3. The fraction of sp³-hybridized carbons (Fsp3) is 0. The van der Waals surface area contributed by atoms with Crippen LogP contribution < -0.4 is 0 Å². The summed E-state index contributed by atoms with van der Waals surface area (Å²) in [4.78, 5) is 14.8. The third kappa shape index (κ3) is 3.57. The molecular weight excluding hydrogens is 478 g/mol. The first-order valence-electron chi connectivity index (χ1n) is 13.0. The Morgan fingerprint density at radius 2 is 1.28 bits per heavy atom. The molecule has 39 heavy (non-hydrogen) atoms. The summed E-state index contributed by atoms with van der Waals surface area (Å²) in [5.41, 5.74) is 8.48. The number of hydrogen-bond donors (Lipinski definition) is 0. The predicted molar refractivity (Wildman–Crippen MR) is 158 cm³/mol. The van der Waals surface area contributed by atoms with Gasteiger partial charge in [0, 0.05) is 32.7 Å².